The molecule has 27 heavy (non-hydrogen) atoms. The number of methoxy groups -OCH3 is 1. The number of hydrogen-bond donors (Lipinski definition) is 1. The van der Waals surface area contributed by atoms with Gasteiger partial charge in [-0.1, -0.05) is 18.2 Å². The van der Waals surface area contributed by atoms with Gasteiger partial charge in [0.25, 0.3) is 0 Å². The van der Waals surface area contributed by atoms with E-state index in [1.807, 2.05) is 24.3 Å². The number of esters is 1. The summed E-state index contributed by atoms with van der Waals surface area (Å²) >= 11 is 0. The van der Waals surface area contributed by atoms with Crippen molar-refractivity contribution in [1.29, 1.82) is 0 Å². The highest BCUT2D eigenvalue weighted by Gasteiger charge is 2.16. The zero-order valence-electron chi connectivity index (χ0n) is 14.9. The maximum atomic E-state index is 12.5. The number of nitrogens with one attached hydrogen (secondary N) is 1. The van der Waals surface area contributed by atoms with Gasteiger partial charge in [-0.15, -0.1) is 0 Å². The molecule has 136 valence electrons. The van der Waals surface area contributed by atoms with E-state index < -0.39 is 5.97 Å². The van der Waals surface area contributed by atoms with Gasteiger partial charge < -0.3 is 19.0 Å². The third-order valence-corrected chi connectivity index (χ3v) is 4.29. The minimum atomic E-state index is -0.433. The molecule has 0 aliphatic rings. The summed E-state index contributed by atoms with van der Waals surface area (Å²) in [7, 11) is 1.34. The topological polar surface area (TPSA) is 86.4 Å². The number of para-hydroxylation sites is 1. The minimum Gasteiger partial charge on any atom is -0.465 e. The number of hydrogen-bond acceptors (Lipinski definition) is 5. The summed E-state index contributed by atoms with van der Waals surface area (Å²) in [5.41, 5.74) is 3.20. The number of anilines is 1. The molecule has 2 aromatic heterocycles. The van der Waals surface area contributed by atoms with E-state index in [4.69, 9.17) is 9.15 Å². The molecule has 0 saturated heterocycles. The Bertz CT molecular complexity index is 1170. The van der Waals surface area contributed by atoms with Crippen molar-refractivity contribution in [3.63, 3.8) is 0 Å². The summed E-state index contributed by atoms with van der Waals surface area (Å²) < 4.78 is 12.0. The van der Waals surface area contributed by atoms with Crippen molar-refractivity contribution in [2.45, 2.75) is 13.5 Å². The molecule has 0 unspecified atom stereocenters. The Morgan fingerprint density at radius 1 is 1.22 bits per heavy atom. The van der Waals surface area contributed by atoms with Gasteiger partial charge in [0.15, 0.2) is 11.5 Å². The lowest BCUT2D eigenvalue weighted by atomic mass is 10.2. The summed E-state index contributed by atoms with van der Waals surface area (Å²) in [5, 5.41) is 3.60. The SMILES string of the molecule is COC(=O)c1cn(CC(=O)Nc2ccc3oc(C)nc3c2)c2ccccc12. The fourth-order valence-electron chi connectivity index (χ4n) is 3.13. The van der Waals surface area contributed by atoms with Gasteiger partial charge in [0, 0.05) is 29.7 Å². The van der Waals surface area contributed by atoms with Gasteiger partial charge in [-0.3, -0.25) is 4.79 Å². The van der Waals surface area contributed by atoms with Crippen LogP contribution in [0.4, 0.5) is 5.69 Å². The number of nitrogens with zero attached hydrogens (tertiary/aromatic N) is 2. The molecule has 0 aliphatic carbocycles. The normalized spacial score (nSPS) is 11.0. The predicted molar refractivity (Wildman–Crippen MR) is 101 cm³/mol. The average molecular weight is 363 g/mol. The zero-order chi connectivity index (χ0) is 19.0. The molecule has 1 N–H and O–H groups in total. The molecule has 1 amide bonds. The Kier molecular flexibility index (Phi) is 4.12. The molecular weight excluding hydrogens is 346 g/mol. The maximum absolute atomic E-state index is 12.5. The molecular formula is C20H17N3O4. The van der Waals surface area contributed by atoms with Crippen LogP contribution in [-0.4, -0.2) is 28.5 Å². The van der Waals surface area contributed by atoms with Crippen LogP contribution < -0.4 is 5.32 Å². The van der Waals surface area contributed by atoms with Gasteiger partial charge in [0.1, 0.15) is 12.1 Å². The van der Waals surface area contributed by atoms with Crippen LogP contribution in [0.3, 0.4) is 0 Å². The number of ether oxygens (including phenoxy) is 1. The smallest absolute Gasteiger partial charge is 0.340 e. The number of amides is 1. The first kappa shape index (κ1) is 16.8. The quantitative estimate of drug-likeness (QED) is 0.561. The molecule has 0 spiro atoms. The number of rotatable bonds is 4. The monoisotopic (exact) mass is 363 g/mol. The minimum absolute atomic E-state index is 0.0629. The third kappa shape index (κ3) is 3.15. The number of carbonyl (C=O) groups is 2. The van der Waals surface area contributed by atoms with E-state index in [0.717, 1.165) is 10.9 Å². The van der Waals surface area contributed by atoms with Crippen molar-refractivity contribution in [1.82, 2.24) is 9.55 Å². The van der Waals surface area contributed by atoms with Crippen LogP contribution in [0.1, 0.15) is 16.2 Å². The fraction of sp³-hybridized carbons (Fsp3) is 0.150. The third-order valence-electron chi connectivity index (χ3n) is 4.29. The first-order valence-corrected chi connectivity index (χ1v) is 8.38. The van der Waals surface area contributed by atoms with Gasteiger partial charge in [0.2, 0.25) is 5.91 Å². The lowest BCUT2D eigenvalue weighted by molar-refractivity contribution is -0.116. The lowest BCUT2D eigenvalue weighted by Crippen LogP contribution is -2.18. The Labute approximate surface area is 154 Å². The predicted octanol–water partition coefficient (Wildman–Crippen LogP) is 3.52. The molecule has 4 rings (SSSR count). The van der Waals surface area contributed by atoms with E-state index in [1.165, 1.54) is 7.11 Å². The first-order chi connectivity index (χ1) is 13.0. The van der Waals surface area contributed by atoms with E-state index in [0.29, 0.717) is 28.2 Å². The number of carbonyl (C=O) groups excluding carboxylic acids is 2. The van der Waals surface area contributed by atoms with Crippen LogP contribution in [0.2, 0.25) is 0 Å². The van der Waals surface area contributed by atoms with Crippen molar-refractivity contribution in [2.75, 3.05) is 12.4 Å². The van der Waals surface area contributed by atoms with Crippen LogP contribution >= 0.6 is 0 Å². The Balaban J connectivity index is 1.59. The van der Waals surface area contributed by atoms with Gasteiger partial charge >= 0.3 is 5.97 Å². The molecule has 0 bridgehead atoms. The van der Waals surface area contributed by atoms with E-state index in [-0.39, 0.29) is 12.5 Å². The average Bonchev–Trinajstić information content (AvgIpc) is 3.20. The van der Waals surface area contributed by atoms with Crippen molar-refractivity contribution in [2.24, 2.45) is 0 Å². The molecule has 0 saturated carbocycles. The largest absolute Gasteiger partial charge is 0.465 e. The van der Waals surface area contributed by atoms with Crippen LogP contribution in [0.5, 0.6) is 0 Å². The number of aryl methyl sites for hydroxylation is 1. The molecule has 0 radical (unpaired) electrons. The van der Waals surface area contributed by atoms with Crippen LogP contribution in [-0.2, 0) is 16.1 Å². The van der Waals surface area contributed by atoms with Gasteiger partial charge in [-0.05, 0) is 24.3 Å². The summed E-state index contributed by atoms with van der Waals surface area (Å²) in [6.45, 7) is 1.84. The Hall–Kier alpha value is -3.61. The molecule has 2 heterocycles. The van der Waals surface area contributed by atoms with Crippen molar-refractivity contribution < 1.29 is 18.7 Å². The highest BCUT2D eigenvalue weighted by atomic mass is 16.5. The highest BCUT2D eigenvalue weighted by Crippen LogP contribution is 2.23. The number of fused-ring (bicyclic) bond motifs is 2. The van der Waals surface area contributed by atoms with Gasteiger partial charge in [-0.25, -0.2) is 9.78 Å². The van der Waals surface area contributed by atoms with E-state index in [9.17, 15) is 9.59 Å². The highest BCUT2D eigenvalue weighted by molar-refractivity contribution is 6.05. The molecule has 4 aromatic rings. The Morgan fingerprint density at radius 2 is 2.04 bits per heavy atom. The lowest BCUT2D eigenvalue weighted by Gasteiger charge is -2.07. The van der Waals surface area contributed by atoms with Crippen LogP contribution in [0, 0.1) is 6.92 Å². The maximum Gasteiger partial charge on any atom is 0.340 e. The van der Waals surface area contributed by atoms with Gasteiger partial charge in [0.05, 0.1) is 12.7 Å². The van der Waals surface area contributed by atoms with Crippen molar-refractivity contribution >= 4 is 39.6 Å². The molecule has 7 nitrogen and oxygen atoms in total. The molecule has 2 aromatic carbocycles. The number of aromatic nitrogens is 2. The summed E-state index contributed by atoms with van der Waals surface area (Å²) in [6.07, 6.45) is 1.64. The van der Waals surface area contributed by atoms with Crippen LogP contribution in [0.25, 0.3) is 22.0 Å². The Morgan fingerprint density at radius 3 is 2.85 bits per heavy atom. The standard InChI is InChI=1S/C20H17N3O4/c1-12-21-16-9-13(7-8-18(16)27-12)22-19(24)11-23-10-15(20(25)26-2)14-5-3-4-6-17(14)23/h3-10H,11H2,1-2H3,(H,22,24). The zero-order valence-corrected chi connectivity index (χ0v) is 14.9. The number of oxazole rings is 1. The molecule has 0 atom stereocenters. The summed E-state index contributed by atoms with van der Waals surface area (Å²) in [5.74, 6) is -0.0772. The van der Waals surface area contributed by atoms with Gasteiger partial charge in [-0.2, -0.15) is 0 Å². The molecule has 0 aliphatic heterocycles. The van der Waals surface area contributed by atoms with Crippen LogP contribution in [0.15, 0.2) is 53.1 Å². The number of benzene rings is 2. The van der Waals surface area contributed by atoms with E-state index in [2.05, 4.69) is 10.3 Å². The first-order valence-electron chi connectivity index (χ1n) is 8.38. The molecule has 0 fully saturated rings. The second-order valence-corrected chi connectivity index (χ2v) is 6.14. The summed E-state index contributed by atoms with van der Waals surface area (Å²) in [6, 6.07) is 12.7. The second kappa shape index (κ2) is 6.60. The van der Waals surface area contributed by atoms with E-state index in [1.54, 1.807) is 35.9 Å². The second-order valence-electron chi connectivity index (χ2n) is 6.14. The van der Waals surface area contributed by atoms with Crippen molar-refractivity contribution in [3.05, 3.63) is 60.1 Å². The van der Waals surface area contributed by atoms with E-state index >= 15 is 0 Å². The van der Waals surface area contributed by atoms with Crippen molar-refractivity contribution in [3.8, 4) is 0 Å². The summed E-state index contributed by atoms with van der Waals surface area (Å²) in [4.78, 5) is 28.8. The molecule has 7 heteroatoms. The fourth-order valence-corrected chi connectivity index (χ4v) is 3.13.